The first-order chi connectivity index (χ1) is 8.37. The van der Waals surface area contributed by atoms with Crippen LogP contribution in [0.15, 0.2) is 30.3 Å². The Balaban J connectivity index is 2.55. The molecule has 0 saturated carbocycles. The monoisotopic (exact) mass is 247 g/mol. The number of hydrogen-bond donors (Lipinski definition) is 1. The Morgan fingerprint density at radius 2 is 1.67 bits per heavy atom. The van der Waals surface area contributed by atoms with Gasteiger partial charge in [-0.25, -0.2) is 0 Å². The van der Waals surface area contributed by atoms with E-state index in [9.17, 15) is 0 Å². The zero-order valence-corrected chi connectivity index (χ0v) is 12.7. The Morgan fingerprint density at radius 1 is 1.06 bits per heavy atom. The van der Waals surface area contributed by atoms with E-state index in [4.69, 9.17) is 0 Å². The predicted molar refractivity (Wildman–Crippen MR) is 80.8 cm³/mol. The van der Waals surface area contributed by atoms with Gasteiger partial charge in [0.25, 0.3) is 0 Å². The fraction of sp³-hybridized carbons (Fsp3) is 0.647. The molecule has 18 heavy (non-hydrogen) atoms. The van der Waals surface area contributed by atoms with Crippen LogP contribution < -0.4 is 5.32 Å². The molecule has 0 radical (unpaired) electrons. The zero-order valence-electron chi connectivity index (χ0n) is 12.7. The molecule has 0 fully saturated rings. The van der Waals surface area contributed by atoms with Crippen molar-refractivity contribution < 1.29 is 0 Å². The van der Waals surface area contributed by atoms with Gasteiger partial charge < -0.3 is 5.32 Å². The summed E-state index contributed by atoms with van der Waals surface area (Å²) < 4.78 is 0. The molecule has 1 aromatic carbocycles. The van der Waals surface area contributed by atoms with Crippen LogP contribution in [-0.4, -0.2) is 12.1 Å². The minimum absolute atomic E-state index is 0.214. The van der Waals surface area contributed by atoms with Crippen molar-refractivity contribution in [2.75, 3.05) is 6.54 Å². The van der Waals surface area contributed by atoms with Crippen LogP contribution in [0.2, 0.25) is 0 Å². The lowest BCUT2D eigenvalue weighted by Crippen LogP contribution is -2.39. The van der Waals surface area contributed by atoms with Gasteiger partial charge >= 0.3 is 0 Å². The van der Waals surface area contributed by atoms with Gasteiger partial charge in [0.2, 0.25) is 0 Å². The lowest BCUT2D eigenvalue weighted by molar-refractivity contribution is 0.331. The summed E-state index contributed by atoms with van der Waals surface area (Å²) in [5.74, 6) is 1.49. The van der Waals surface area contributed by atoms with E-state index in [1.165, 1.54) is 18.4 Å². The lowest BCUT2D eigenvalue weighted by atomic mass is 9.90. The van der Waals surface area contributed by atoms with Gasteiger partial charge in [0, 0.05) is 5.54 Å². The average Bonchev–Trinajstić information content (AvgIpc) is 2.25. The second-order valence-electron chi connectivity index (χ2n) is 6.82. The summed E-state index contributed by atoms with van der Waals surface area (Å²) >= 11 is 0. The van der Waals surface area contributed by atoms with E-state index in [0.29, 0.717) is 0 Å². The molecule has 0 aliphatic carbocycles. The molecule has 1 unspecified atom stereocenters. The van der Waals surface area contributed by atoms with Gasteiger partial charge in [-0.2, -0.15) is 0 Å². The summed E-state index contributed by atoms with van der Waals surface area (Å²) in [5.41, 5.74) is 1.67. The van der Waals surface area contributed by atoms with Crippen molar-refractivity contribution in [3.05, 3.63) is 35.9 Å². The van der Waals surface area contributed by atoms with E-state index in [-0.39, 0.29) is 5.54 Å². The summed E-state index contributed by atoms with van der Waals surface area (Å²) in [5, 5.41) is 3.65. The minimum Gasteiger partial charge on any atom is -0.312 e. The molecule has 0 aliphatic rings. The fourth-order valence-electron chi connectivity index (χ4n) is 2.30. The summed E-state index contributed by atoms with van der Waals surface area (Å²) in [6.45, 7) is 12.5. The van der Waals surface area contributed by atoms with Crippen LogP contribution in [0.3, 0.4) is 0 Å². The van der Waals surface area contributed by atoms with Crippen LogP contribution in [0.5, 0.6) is 0 Å². The molecule has 0 aliphatic heterocycles. The van der Waals surface area contributed by atoms with Gasteiger partial charge in [0.1, 0.15) is 0 Å². The third-order valence-corrected chi connectivity index (χ3v) is 3.09. The van der Waals surface area contributed by atoms with Crippen molar-refractivity contribution in [3.63, 3.8) is 0 Å². The number of rotatable bonds is 6. The molecule has 0 bridgehead atoms. The number of hydrogen-bond acceptors (Lipinski definition) is 1. The largest absolute Gasteiger partial charge is 0.312 e. The van der Waals surface area contributed by atoms with Crippen molar-refractivity contribution in [1.29, 1.82) is 0 Å². The molecule has 1 atom stereocenters. The highest BCUT2D eigenvalue weighted by Gasteiger charge is 2.15. The predicted octanol–water partition coefficient (Wildman–Crippen LogP) is 4.28. The molecule has 1 aromatic rings. The molecule has 1 N–H and O–H groups in total. The van der Waals surface area contributed by atoms with E-state index in [2.05, 4.69) is 70.3 Å². The summed E-state index contributed by atoms with van der Waals surface area (Å²) in [6, 6.07) is 10.8. The molecule has 0 amide bonds. The van der Waals surface area contributed by atoms with E-state index >= 15 is 0 Å². The Hall–Kier alpha value is -0.820. The topological polar surface area (TPSA) is 12.0 Å². The molecular weight excluding hydrogens is 218 g/mol. The van der Waals surface area contributed by atoms with Gasteiger partial charge in [0.05, 0.1) is 0 Å². The van der Waals surface area contributed by atoms with Gasteiger partial charge in [0.15, 0.2) is 0 Å². The first kappa shape index (κ1) is 15.2. The Bertz CT molecular complexity index is 321. The van der Waals surface area contributed by atoms with Crippen molar-refractivity contribution >= 4 is 0 Å². The van der Waals surface area contributed by atoms with Crippen LogP contribution in [0.1, 0.15) is 46.6 Å². The molecule has 102 valence electrons. The van der Waals surface area contributed by atoms with Crippen LogP contribution in [0.4, 0.5) is 0 Å². The third-order valence-electron chi connectivity index (χ3n) is 3.09. The molecule has 1 heteroatoms. The maximum absolute atomic E-state index is 3.65. The quantitative estimate of drug-likeness (QED) is 0.791. The van der Waals surface area contributed by atoms with Crippen molar-refractivity contribution in [2.45, 2.75) is 53.0 Å². The molecule has 0 heterocycles. The van der Waals surface area contributed by atoms with E-state index in [1.807, 2.05) is 0 Å². The summed E-state index contributed by atoms with van der Waals surface area (Å²) in [6.07, 6.45) is 2.47. The average molecular weight is 247 g/mol. The lowest BCUT2D eigenvalue weighted by Gasteiger charge is -2.26. The van der Waals surface area contributed by atoms with E-state index in [0.717, 1.165) is 18.4 Å². The van der Waals surface area contributed by atoms with E-state index in [1.54, 1.807) is 0 Å². The number of benzene rings is 1. The molecule has 1 rings (SSSR count). The van der Waals surface area contributed by atoms with Gasteiger partial charge in [-0.15, -0.1) is 0 Å². The summed E-state index contributed by atoms with van der Waals surface area (Å²) in [7, 11) is 0. The second-order valence-corrected chi connectivity index (χ2v) is 6.82. The highest BCUT2D eigenvalue weighted by molar-refractivity contribution is 5.15. The Morgan fingerprint density at radius 3 is 2.17 bits per heavy atom. The second kappa shape index (κ2) is 6.94. The summed E-state index contributed by atoms with van der Waals surface area (Å²) in [4.78, 5) is 0. The van der Waals surface area contributed by atoms with Crippen molar-refractivity contribution in [1.82, 2.24) is 5.32 Å². The highest BCUT2D eigenvalue weighted by atomic mass is 14.9. The number of nitrogens with one attached hydrogen (secondary N) is 1. The Labute approximate surface area is 113 Å². The van der Waals surface area contributed by atoms with Gasteiger partial charge in [-0.3, -0.25) is 0 Å². The highest BCUT2D eigenvalue weighted by Crippen LogP contribution is 2.17. The van der Waals surface area contributed by atoms with Crippen molar-refractivity contribution in [3.8, 4) is 0 Å². The van der Waals surface area contributed by atoms with Crippen LogP contribution in [0.25, 0.3) is 0 Å². The zero-order chi connectivity index (χ0) is 13.6. The molecule has 0 aromatic heterocycles. The SMILES string of the molecule is CC(C)CC(CNC(C)(C)C)Cc1ccccc1. The fourth-order valence-corrected chi connectivity index (χ4v) is 2.30. The van der Waals surface area contributed by atoms with E-state index < -0.39 is 0 Å². The van der Waals surface area contributed by atoms with Crippen LogP contribution in [-0.2, 0) is 6.42 Å². The minimum atomic E-state index is 0.214. The third kappa shape index (κ3) is 6.80. The smallest absolute Gasteiger partial charge is 0.00966 e. The molecular formula is C17H29N. The first-order valence-electron chi connectivity index (χ1n) is 7.16. The van der Waals surface area contributed by atoms with Crippen molar-refractivity contribution in [2.24, 2.45) is 11.8 Å². The Kier molecular flexibility index (Phi) is 5.87. The molecule has 1 nitrogen and oxygen atoms in total. The molecule has 0 spiro atoms. The van der Waals surface area contributed by atoms with Gasteiger partial charge in [-0.05, 0) is 57.6 Å². The van der Waals surface area contributed by atoms with Crippen LogP contribution >= 0.6 is 0 Å². The van der Waals surface area contributed by atoms with Crippen LogP contribution in [0, 0.1) is 11.8 Å². The maximum atomic E-state index is 3.65. The maximum Gasteiger partial charge on any atom is 0.00966 e. The normalized spacial score (nSPS) is 13.9. The van der Waals surface area contributed by atoms with Gasteiger partial charge in [-0.1, -0.05) is 44.2 Å². The first-order valence-corrected chi connectivity index (χ1v) is 7.16. The molecule has 0 saturated heterocycles. The standard InChI is InChI=1S/C17H29N/c1-14(2)11-16(13-18-17(3,4)5)12-15-9-7-6-8-10-15/h6-10,14,16,18H,11-13H2,1-5H3.